The summed E-state index contributed by atoms with van der Waals surface area (Å²) in [5.41, 5.74) is 3.70. The van der Waals surface area contributed by atoms with Gasteiger partial charge in [0.05, 0.1) is 0 Å². The summed E-state index contributed by atoms with van der Waals surface area (Å²) in [7, 11) is -0.901. The molecule has 0 aliphatic heterocycles. The summed E-state index contributed by atoms with van der Waals surface area (Å²) in [6.45, 7) is 6.11. The van der Waals surface area contributed by atoms with Crippen LogP contribution in [0.5, 0.6) is 0 Å². The Morgan fingerprint density at radius 3 is 2.38 bits per heavy atom. The van der Waals surface area contributed by atoms with Crippen LogP contribution in [0, 0.1) is 6.92 Å². The predicted molar refractivity (Wildman–Crippen MR) is 102 cm³/mol. The summed E-state index contributed by atoms with van der Waals surface area (Å²) in [5, 5.41) is 3.01. The first-order valence-corrected chi connectivity index (χ1v) is 9.76. The molecule has 4 heteroatoms. The van der Waals surface area contributed by atoms with E-state index in [1.165, 1.54) is 0 Å². The molecule has 0 aliphatic rings. The van der Waals surface area contributed by atoms with Crippen LogP contribution in [0.15, 0.2) is 48.5 Å². The van der Waals surface area contributed by atoms with Gasteiger partial charge < -0.3 is 5.32 Å². The summed E-state index contributed by atoms with van der Waals surface area (Å²) in [5.74, 6) is 0.493. The molecule has 0 fully saturated rings. The van der Waals surface area contributed by atoms with Crippen LogP contribution >= 0.6 is 0 Å². The van der Waals surface area contributed by atoms with Crippen molar-refractivity contribution in [3.8, 4) is 0 Å². The van der Waals surface area contributed by atoms with E-state index in [2.05, 4.69) is 31.3 Å². The van der Waals surface area contributed by atoms with Crippen molar-refractivity contribution in [2.45, 2.75) is 38.4 Å². The minimum Gasteiger partial charge on any atom is -0.326 e. The van der Waals surface area contributed by atoms with Gasteiger partial charge in [0.2, 0.25) is 5.91 Å². The highest BCUT2D eigenvalue weighted by atomic mass is 32.2. The highest BCUT2D eigenvalue weighted by molar-refractivity contribution is 7.83. The zero-order valence-electron chi connectivity index (χ0n) is 14.8. The minimum atomic E-state index is -0.901. The lowest BCUT2D eigenvalue weighted by molar-refractivity contribution is -0.117. The molecule has 1 N–H and O–H groups in total. The second-order valence-electron chi connectivity index (χ2n) is 6.78. The molecule has 2 aromatic rings. The van der Waals surface area contributed by atoms with Crippen molar-refractivity contribution in [2.75, 3.05) is 11.6 Å². The van der Waals surface area contributed by atoms with Crippen LogP contribution in [0.2, 0.25) is 0 Å². The Bertz CT molecular complexity index is 739. The first kappa shape index (κ1) is 18.4. The number of carbonyl (C=O) groups excluding carboxylic acids is 1. The van der Waals surface area contributed by atoms with Crippen LogP contribution in [0.25, 0.3) is 0 Å². The summed E-state index contributed by atoms with van der Waals surface area (Å²) in [6, 6.07) is 15.8. The number of carbonyl (C=O) groups is 1. The van der Waals surface area contributed by atoms with Crippen molar-refractivity contribution in [1.82, 2.24) is 0 Å². The topological polar surface area (TPSA) is 46.2 Å². The minimum absolute atomic E-state index is 0.0123. The number of benzene rings is 2. The molecule has 0 spiro atoms. The van der Waals surface area contributed by atoms with Gasteiger partial charge in [-0.15, -0.1) is 0 Å². The Hall–Kier alpha value is -1.94. The largest absolute Gasteiger partial charge is 0.326 e. The monoisotopic (exact) mass is 343 g/mol. The fourth-order valence-corrected chi connectivity index (χ4v) is 3.53. The van der Waals surface area contributed by atoms with E-state index in [0.717, 1.165) is 22.4 Å². The van der Waals surface area contributed by atoms with Crippen LogP contribution < -0.4 is 5.32 Å². The second-order valence-corrected chi connectivity index (χ2v) is 8.22. The van der Waals surface area contributed by atoms with Gasteiger partial charge in [-0.1, -0.05) is 56.3 Å². The van der Waals surface area contributed by atoms with E-state index < -0.39 is 10.8 Å². The number of rotatable bonds is 6. The third-order valence-electron chi connectivity index (χ3n) is 4.24. The van der Waals surface area contributed by atoms with E-state index in [-0.39, 0.29) is 11.3 Å². The molecular weight excluding hydrogens is 318 g/mol. The molecule has 128 valence electrons. The fourth-order valence-electron chi connectivity index (χ4n) is 2.78. The fraction of sp³-hybridized carbons (Fsp3) is 0.350. The van der Waals surface area contributed by atoms with Gasteiger partial charge in [-0.05, 0) is 35.1 Å². The van der Waals surface area contributed by atoms with E-state index in [9.17, 15) is 9.00 Å². The molecule has 2 aromatic carbocycles. The molecule has 3 nitrogen and oxygen atoms in total. The van der Waals surface area contributed by atoms with Gasteiger partial charge in [-0.25, -0.2) is 0 Å². The highest BCUT2D eigenvalue weighted by Crippen LogP contribution is 2.28. The average molecular weight is 343 g/mol. The zero-order valence-corrected chi connectivity index (χ0v) is 15.6. The molecule has 0 aliphatic carbocycles. The quantitative estimate of drug-likeness (QED) is 0.855. The summed E-state index contributed by atoms with van der Waals surface area (Å²) in [4.78, 5) is 12.5. The lowest BCUT2D eigenvalue weighted by Gasteiger charge is -2.25. The van der Waals surface area contributed by atoms with Gasteiger partial charge in [0.1, 0.15) is 0 Å². The summed E-state index contributed by atoms with van der Waals surface area (Å²) in [6.07, 6.45) is 2.09. The van der Waals surface area contributed by atoms with E-state index in [0.29, 0.717) is 12.2 Å². The molecular formula is C20H25NO2S. The van der Waals surface area contributed by atoms with E-state index >= 15 is 0 Å². The smallest absolute Gasteiger partial charge is 0.225 e. The van der Waals surface area contributed by atoms with Gasteiger partial charge in [0.15, 0.2) is 0 Å². The average Bonchev–Trinajstić information content (AvgIpc) is 2.51. The van der Waals surface area contributed by atoms with Crippen LogP contribution in [0.1, 0.15) is 37.0 Å². The molecule has 0 radical (unpaired) electrons. The molecule has 0 saturated carbocycles. The van der Waals surface area contributed by atoms with Gasteiger partial charge in [-0.2, -0.15) is 0 Å². The number of amides is 1. The number of hydrogen-bond acceptors (Lipinski definition) is 2. The van der Waals surface area contributed by atoms with Gasteiger partial charge >= 0.3 is 0 Å². The third-order valence-corrected chi connectivity index (χ3v) is 4.95. The maximum atomic E-state index is 12.5. The van der Waals surface area contributed by atoms with Crippen LogP contribution in [0.4, 0.5) is 5.69 Å². The Labute approximate surface area is 146 Å². The van der Waals surface area contributed by atoms with Crippen molar-refractivity contribution in [3.05, 3.63) is 65.2 Å². The first-order chi connectivity index (χ1) is 11.3. The van der Waals surface area contributed by atoms with Crippen LogP contribution in [-0.2, 0) is 26.8 Å². The molecule has 1 atom stereocenters. The Morgan fingerprint density at radius 1 is 1.08 bits per heavy atom. The third kappa shape index (κ3) is 4.78. The molecule has 1 amide bonds. The van der Waals surface area contributed by atoms with Crippen molar-refractivity contribution >= 4 is 22.4 Å². The van der Waals surface area contributed by atoms with E-state index in [1.807, 2.05) is 43.3 Å². The molecule has 0 aromatic heterocycles. The lowest BCUT2D eigenvalue weighted by Crippen LogP contribution is -2.26. The maximum absolute atomic E-state index is 12.5. The second kappa shape index (κ2) is 7.75. The molecule has 24 heavy (non-hydrogen) atoms. The van der Waals surface area contributed by atoms with Crippen LogP contribution in [-0.4, -0.2) is 16.4 Å². The van der Waals surface area contributed by atoms with Gasteiger partial charge in [0.25, 0.3) is 0 Å². The van der Waals surface area contributed by atoms with Crippen molar-refractivity contribution < 1.29 is 9.00 Å². The highest BCUT2D eigenvalue weighted by Gasteiger charge is 2.24. The van der Waals surface area contributed by atoms with Crippen molar-refractivity contribution in [2.24, 2.45) is 0 Å². The molecule has 0 saturated heterocycles. The summed E-state index contributed by atoms with van der Waals surface area (Å²) >= 11 is 0. The Balaban J connectivity index is 2.11. The first-order valence-electron chi connectivity index (χ1n) is 8.03. The van der Waals surface area contributed by atoms with E-state index in [4.69, 9.17) is 0 Å². The molecule has 0 heterocycles. The molecule has 2 rings (SSSR count). The Morgan fingerprint density at radius 2 is 1.75 bits per heavy atom. The SMILES string of the molecule is Cc1c(CS(C)=O)cccc1NC(=O)CC(C)(C)c1ccccc1. The number of hydrogen-bond donors (Lipinski definition) is 1. The normalized spacial score (nSPS) is 12.7. The van der Waals surface area contributed by atoms with Crippen molar-refractivity contribution in [1.29, 1.82) is 0 Å². The van der Waals surface area contributed by atoms with Crippen LogP contribution in [0.3, 0.4) is 0 Å². The summed E-state index contributed by atoms with van der Waals surface area (Å²) < 4.78 is 11.5. The maximum Gasteiger partial charge on any atom is 0.225 e. The molecule has 1 unspecified atom stereocenters. The van der Waals surface area contributed by atoms with E-state index in [1.54, 1.807) is 6.26 Å². The Kier molecular flexibility index (Phi) is 5.94. The number of anilines is 1. The molecule has 0 bridgehead atoms. The van der Waals surface area contributed by atoms with Crippen molar-refractivity contribution in [3.63, 3.8) is 0 Å². The lowest BCUT2D eigenvalue weighted by atomic mass is 9.81. The van der Waals surface area contributed by atoms with Gasteiger partial charge in [-0.3, -0.25) is 9.00 Å². The standard InChI is InChI=1S/C20H25NO2S/c1-15-16(14-24(4)23)9-8-12-18(15)21-19(22)13-20(2,3)17-10-6-5-7-11-17/h5-12H,13-14H2,1-4H3,(H,21,22). The number of nitrogens with one attached hydrogen (secondary N) is 1. The van der Waals surface area contributed by atoms with Gasteiger partial charge in [0, 0.05) is 34.9 Å². The predicted octanol–water partition coefficient (Wildman–Crippen LogP) is 4.18. The zero-order chi connectivity index (χ0) is 17.7.